The highest BCUT2D eigenvalue weighted by atomic mass is 16.5. The number of ether oxygens (including phenoxy) is 1. The van der Waals surface area contributed by atoms with Crippen LogP contribution in [0.15, 0.2) is 17.1 Å². The van der Waals surface area contributed by atoms with Crippen molar-refractivity contribution in [3.05, 3.63) is 12.2 Å². The van der Waals surface area contributed by atoms with Crippen LogP contribution >= 0.6 is 0 Å². The van der Waals surface area contributed by atoms with E-state index in [2.05, 4.69) is 4.99 Å². The first-order chi connectivity index (χ1) is 3.47. The lowest BCUT2D eigenvalue weighted by Crippen LogP contribution is -2.24. The number of fused-ring (bicyclic) bond motifs is 1. The second kappa shape index (κ2) is 0.886. The van der Waals surface area contributed by atoms with Crippen LogP contribution in [-0.4, -0.2) is 18.5 Å². The lowest BCUT2D eigenvalue weighted by molar-refractivity contribution is 0.248. The Labute approximate surface area is 41.5 Å². The highest BCUT2D eigenvalue weighted by molar-refractivity contribution is 5.53. The Morgan fingerprint density at radius 1 is 1.43 bits per heavy atom. The number of hydrogen-bond donors (Lipinski definition) is 0. The van der Waals surface area contributed by atoms with E-state index in [9.17, 15) is 0 Å². The van der Waals surface area contributed by atoms with Crippen LogP contribution in [0, 0.1) is 0 Å². The van der Waals surface area contributed by atoms with Gasteiger partial charge in [0.05, 0.1) is 0 Å². The first-order valence-corrected chi connectivity index (χ1v) is 2.32. The van der Waals surface area contributed by atoms with E-state index in [0.29, 0.717) is 12.1 Å². The van der Waals surface area contributed by atoms with Gasteiger partial charge in [0, 0.05) is 0 Å². The molecular formula is C5H5NO. The van der Waals surface area contributed by atoms with Crippen LogP contribution in [0.25, 0.3) is 0 Å². The summed E-state index contributed by atoms with van der Waals surface area (Å²) in [5, 5.41) is 0. The molecule has 1 aliphatic heterocycles. The van der Waals surface area contributed by atoms with Crippen molar-refractivity contribution in [2.24, 2.45) is 4.99 Å². The van der Waals surface area contributed by atoms with Crippen molar-refractivity contribution in [1.82, 2.24) is 0 Å². The van der Waals surface area contributed by atoms with Crippen LogP contribution in [0.5, 0.6) is 0 Å². The molecule has 0 unspecified atom stereocenters. The third-order valence-electron chi connectivity index (χ3n) is 1.29. The minimum atomic E-state index is 0.292. The fraction of sp³-hybridized carbons (Fsp3) is 0.400. The summed E-state index contributed by atoms with van der Waals surface area (Å²) < 4.78 is 4.97. The van der Waals surface area contributed by atoms with Crippen LogP contribution in [-0.2, 0) is 4.74 Å². The van der Waals surface area contributed by atoms with Gasteiger partial charge in [-0.25, -0.2) is 4.99 Å². The van der Waals surface area contributed by atoms with Crippen molar-refractivity contribution in [1.29, 1.82) is 0 Å². The van der Waals surface area contributed by atoms with E-state index >= 15 is 0 Å². The van der Waals surface area contributed by atoms with E-state index in [4.69, 9.17) is 4.74 Å². The monoisotopic (exact) mass is 95.0 g/mol. The Bertz CT molecular complexity index is 139. The summed E-state index contributed by atoms with van der Waals surface area (Å²) in [5.74, 6) is 0. The molecule has 36 valence electrons. The number of rotatable bonds is 0. The SMILES string of the molecule is C1=C[C@H]2OC=N[C@@H]12. The number of nitrogens with zero attached hydrogens (tertiary/aromatic N) is 1. The molecule has 2 atom stereocenters. The molecule has 0 fully saturated rings. The van der Waals surface area contributed by atoms with Crippen LogP contribution < -0.4 is 0 Å². The topological polar surface area (TPSA) is 21.6 Å². The van der Waals surface area contributed by atoms with Gasteiger partial charge in [-0.3, -0.25) is 0 Å². The molecule has 2 aliphatic rings. The summed E-state index contributed by atoms with van der Waals surface area (Å²) >= 11 is 0. The van der Waals surface area contributed by atoms with E-state index in [0.717, 1.165) is 0 Å². The van der Waals surface area contributed by atoms with Gasteiger partial charge in [0.15, 0.2) is 6.40 Å². The maximum Gasteiger partial charge on any atom is 0.171 e. The number of hydrogen-bond acceptors (Lipinski definition) is 2. The fourth-order valence-electron chi connectivity index (χ4n) is 0.737. The molecule has 0 amide bonds. The summed E-state index contributed by atoms with van der Waals surface area (Å²) in [7, 11) is 0. The molecule has 0 aromatic carbocycles. The van der Waals surface area contributed by atoms with Crippen molar-refractivity contribution in [3.8, 4) is 0 Å². The third-order valence-corrected chi connectivity index (χ3v) is 1.29. The van der Waals surface area contributed by atoms with Gasteiger partial charge in [0.1, 0.15) is 12.1 Å². The second-order valence-electron chi connectivity index (χ2n) is 1.73. The standard InChI is InChI=1S/C5H5NO/c1-2-5-4(1)6-3-7-5/h1-5H/t4-,5+/m0/s1. The minimum absolute atomic E-state index is 0.292. The molecule has 0 spiro atoms. The van der Waals surface area contributed by atoms with Gasteiger partial charge in [-0.2, -0.15) is 0 Å². The second-order valence-corrected chi connectivity index (χ2v) is 1.73. The molecule has 0 aromatic rings. The molecule has 0 saturated heterocycles. The summed E-state index contributed by atoms with van der Waals surface area (Å²) in [5.41, 5.74) is 0. The minimum Gasteiger partial charge on any atom is -0.474 e. The fourth-order valence-corrected chi connectivity index (χ4v) is 0.737. The first-order valence-electron chi connectivity index (χ1n) is 2.32. The smallest absolute Gasteiger partial charge is 0.171 e. The molecule has 1 heterocycles. The average molecular weight is 95.1 g/mol. The molecule has 2 rings (SSSR count). The van der Waals surface area contributed by atoms with Crippen molar-refractivity contribution in [2.45, 2.75) is 12.1 Å². The lowest BCUT2D eigenvalue weighted by atomic mass is 10.0. The van der Waals surface area contributed by atoms with E-state index in [-0.39, 0.29) is 0 Å². The Morgan fingerprint density at radius 3 is 2.71 bits per heavy atom. The van der Waals surface area contributed by atoms with Gasteiger partial charge in [0.25, 0.3) is 0 Å². The normalized spacial score (nSPS) is 42.3. The van der Waals surface area contributed by atoms with E-state index in [1.54, 1.807) is 0 Å². The average Bonchev–Trinajstić information content (AvgIpc) is 1.85. The maximum atomic E-state index is 4.97. The molecule has 1 aliphatic carbocycles. The molecule has 0 aromatic heterocycles. The largest absolute Gasteiger partial charge is 0.474 e. The zero-order chi connectivity index (χ0) is 4.69. The third kappa shape index (κ3) is 0.266. The van der Waals surface area contributed by atoms with Gasteiger partial charge in [-0.05, 0) is 6.08 Å². The maximum absolute atomic E-state index is 4.97. The quantitative estimate of drug-likeness (QED) is 0.398. The van der Waals surface area contributed by atoms with Crippen molar-refractivity contribution in [2.75, 3.05) is 0 Å². The number of aliphatic imine (C=N–C) groups is 1. The predicted octanol–water partition coefficient (Wildman–Crippen LogP) is 0.352. The van der Waals surface area contributed by atoms with E-state index in [1.807, 2.05) is 12.2 Å². The van der Waals surface area contributed by atoms with Crippen LogP contribution in [0.1, 0.15) is 0 Å². The van der Waals surface area contributed by atoms with Crippen LogP contribution in [0.4, 0.5) is 0 Å². The Morgan fingerprint density at radius 2 is 2.43 bits per heavy atom. The van der Waals surface area contributed by atoms with Gasteiger partial charge >= 0.3 is 0 Å². The zero-order valence-electron chi connectivity index (χ0n) is 3.74. The summed E-state index contributed by atoms with van der Waals surface area (Å²) in [6.45, 7) is 0. The van der Waals surface area contributed by atoms with E-state index in [1.165, 1.54) is 6.40 Å². The van der Waals surface area contributed by atoms with Gasteiger partial charge < -0.3 is 4.74 Å². The molecule has 0 radical (unpaired) electrons. The molecule has 2 heteroatoms. The van der Waals surface area contributed by atoms with Crippen molar-refractivity contribution >= 4 is 6.40 Å². The molecule has 2 nitrogen and oxygen atoms in total. The van der Waals surface area contributed by atoms with Gasteiger partial charge in [0.2, 0.25) is 0 Å². The van der Waals surface area contributed by atoms with Crippen LogP contribution in [0.2, 0.25) is 0 Å². The van der Waals surface area contributed by atoms with Crippen molar-refractivity contribution < 1.29 is 4.74 Å². The summed E-state index contributed by atoms with van der Waals surface area (Å²) in [6.07, 6.45) is 5.86. The highest BCUT2D eigenvalue weighted by Gasteiger charge is 2.27. The zero-order valence-corrected chi connectivity index (χ0v) is 3.74. The predicted molar refractivity (Wildman–Crippen MR) is 26.3 cm³/mol. The Kier molecular flexibility index (Phi) is 0.410. The van der Waals surface area contributed by atoms with Gasteiger partial charge in [-0.15, -0.1) is 0 Å². The molecule has 0 N–H and O–H groups in total. The van der Waals surface area contributed by atoms with Crippen LogP contribution in [0.3, 0.4) is 0 Å². The molecule has 0 bridgehead atoms. The van der Waals surface area contributed by atoms with Crippen molar-refractivity contribution in [3.63, 3.8) is 0 Å². The van der Waals surface area contributed by atoms with E-state index < -0.39 is 0 Å². The highest BCUT2D eigenvalue weighted by Crippen LogP contribution is 2.20. The van der Waals surface area contributed by atoms with Gasteiger partial charge in [-0.1, -0.05) is 6.08 Å². The summed E-state index contributed by atoms with van der Waals surface area (Å²) in [6, 6.07) is 0.361. The molecular weight excluding hydrogens is 90.1 g/mol. The Balaban J connectivity index is 2.29. The molecule has 7 heavy (non-hydrogen) atoms. The first kappa shape index (κ1) is 3.24. The lowest BCUT2D eigenvalue weighted by Gasteiger charge is -2.16. The molecule has 0 saturated carbocycles. The Hall–Kier alpha value is -0.790. The summed E-state index contributed by atoms with van der Waals surface area (Å²) in [4.78, 5) is 3.97.